The van der Waals surface area contributed by atoms with E-state index in [2.05, 4.69) is 5.32 Å². The molecule has 15 heavy (non-hydrogen) atoms. The van der Waals surface area contributed by atoms with Crippen molar-refractivity contribution in [3.05, 3.63) is 34.9 Å². The highest BCUT2D eigenvalue weighted by atomic mass is 35.5. The minimum atomic E-state index is 0.370. The maximum absolute atomic E-state index is 5.81. The molecule has 2 nitrogen and oxygen atoms in total. The lowest BCUT2D eigenvalue weighted by Crippen LogP contribution is -2.35. The molecule has 1 atom stereocenters. The van der Waals surface area contributed by atoms with Crippen molar-refractivity contribution in [2.75, 3.05) is 13.1 Å². The smallest absolute Gasteiger partial charge is 0.0721 e. The molecule has 1 unspecified atom stereocenters. The van der Waals surface area contributed by atoms with E-state index in [1.807, 2.05) is 24.3 Å². The summed E-state index contributed by atoms with van der Waals surface area (Å²) in [5, 5.41) is 4.11. The highest BCUT2D eigenvalue weighted by Gasteiger charge is 2.12. The van der Waals surface area contributed by atoms with E-state index in [-0.39, 0.29) is 0 Å². The Balaban J connectivity index is 1.79. The first-order valence-corrected chi connectivity index (χ1v) is 5.79. The minimum absolute atomic E-state index is 0.370. The maximum atomic E-state index is 5.81. The van der Waals surface area contributed by atoms with Crippen LogP contribution in [0.2, 0.25) is 5.02 Å². The summed E-state index contributed by atoms with van der Waals surface area (Å²) >= 11 is 5.81. The molecule has 2 rings (SSSR count). The van der Waals surface area contributed by atoms with Crippen molar-refractivity contribution in [3.8, 4) is 0 Å². The van der Waals surface area contributed by atoms with Crippen molar-refractivity contribution in [2.24, 2.45) is 0 Å². The van der Waals surface area contributed by atoms with Gasteiger partial charge in [0.25, 0.3) is 0 Å². The van der Waals surface area contributed by atoms with Crippen molar-refractivity contribution in [1.82, 2.24) is 5.32 Å². The zero-order valence-electron chi connectivity index (χ0n) is 8.71. The number of halogens is 1. The average Bonchev–Trinajstić information content (AvgIpc) is 2.30. The number of piperidine rings is 1. The summed E-state index contributed by atoms with van der Waals surface area (Å²) in [5.41, 5.74) is 1.19. The lowest BCUT2D eigenvalue weighted by atomic mass is 10.1. The molecule has 1 fully saturated rings. The lowest BCUT2D eigenvalue weighted by molar-refractivity contribution is 0.0253. The van der Waals surface area contributed by atoms with Gasteiger partial charge in [0.1, 0.15) is 0 Å². The van der Waals surface area contributed by atoms with Gasteiger partial charge in [0.05, 0.1) is 12.7 Å². The highest BCUT2D eigenvalue weighted by molar-refractivity contribution is 6.30. The van der Waals surface area contributed by atoms with Crippen molar-refractivity contribution < 1.29 is 4.74 Å². The van der Waals surface area contributed by atoms with Gasteiger partial charge in [-0.05, 0) is 37.1 Å². The Labute approximate surface area is 95.6 Å². The molecule has 0 aliphatic carbocycles. The second-order valence-corrected chi connectivity index (χ2v) is 4.34. The number of rotatable bonds is 3. The molecule has 0 saturated carbocycles. The van der Waals surface area contributed by atoms with Crippen molar-refractivity contribution in [3.63, 3.8) is 0 Å². The zero-order chi connectivity index (χ0) is 10.5. The molecule has 0 spiro atoms. The van der Waals surface area contributed by atoms with Crippen LogP contribution < -0.4 is 5.32 Å². The Hall–Kier alpha value is -0.570. The molecule has 0 bridgehead atoms. The predicted molar refractivity (Wildman–Crippen MR) is 62.1 cm³/mol. The van der Waals surface area contributed by atoms with E-state index < -0.39 is 0 Å². The molecule has 3 heteroatoms. The molecule has 1 aromatic carbocycles. The SMILES string of the molecule is Clc1ccc(COC2CCCNC2)cc1. The summed E-state index contributed by atoms with van der Waals surface area (Å²) in [6.07, 6.45) is 2.75. The number of ether oxygens (including phenoxy) is 1. The maximum Gasteiger partial charge on any atom is 0.0721 e. The quantitative estimate of drug-likeness (QED) is 0.854. The summed E-state index contributed by atoms with van der Waals surface area (Å²) < 4.78 is 5.80. The molecular weight excluding hydrogens is 210 g/mol. The van der Waals surface area contributed by atoms with Crippen LogP contribution in [0.4, 0.5) is 0 Å². The molecule has 1 aliphatic rings. The van der Waals surface area contributed by atoms with Crippen molar-refractivity contribution in [1.29, 1.82) is 0 Å². The van der Waals surface area contributed by atoms with Crippen LogP contribution >= 0.6 is 11.6 Å². The number of nitrogens with one attached hydrogen (secondary N) is 1. The minimum Gasteiger partial charge on any atom is -0.372 e. The van der Waals surface area contributed by atoms with Crippen molar-refractivity contribution >= 4 is 11.6 Å². The fourth-order valence-corrected chi connectivity index (χ4v) is 1.88. The molecule has 1 aliphatic heterocycles. The molecule has 0 aromatic heterocycles. The molecule has 0 amide bonds. The molecule has 82 valence electrons. The van der Waals surface area contributed by atoms with Gasteiger partial charge >= 0.3 is 0 Å². The Kier molecular flexibility index (Phi) is 4.01. The molecule has 1 saturated heterocycles. The summed E-state index contributed by atoms with van der Waals surface area (Å²) in [6.45, 7) is 2.79. The van der Waals surface area contributed by atoms with Gasteiger partial charge in [-0.15, -0.1) is 0 Å². The fraction of sp³-hybridized carbons (Fsp3) is 0.500. The van der Waals surface area contributed by atoms with Gasteiger partial charge in [-0.3, -0.25) is 0 Å². The van der Waals surface area contributed by atoms with Crippen LogP contribution in [0.25, 0.3) is 0 Å². The van der Waals surface area contributed by atoms with Crippen LogP contribution in [0.3, 0.4) is 0 Å². The van der Waals surface area contributed by atoms with Gasteiger partial charge in [-0.25, -0.2) is 0 Å². The molecule has 0 radical (unpaired) electrons. The largest absolute Gasteiger partial charge is 0.372 e. The van der Waals surface area contributed by atoms with Crippen LogP contribution in [-0.2, 0) is 11.3 Å². The first kappa shape index (κ1) is 10.9. The molecule has 1 aromatic rings. The number of hydrogen-bond donors (Lipinski definition) is 1. The monoisotopic (exact) mass is 225 g/mol. The first-order chi connectivity index (χ1) is 7.34. The summed E-state index contributed by atoms with van der Waals surface area (Å²) in [7, 11) is 0. The molecule has 1 N–H and O–H groups in total. The van der Waals surface area contributed by atoms with E-state index in [0.29, 0.717) is 12.7 Å². The molecule has 1 heterocycles. The summed E-state index contributed by atoms with van der Waals surface area (Å²) in [5.74, 6) is 0. The second-order valence-electron chi connectivity index (χ2n) is 3.91. The number of benzene rings is 1. The van der Waals surface area contributed by atoms with Gasteiger partial charge in [-0.1, -0.05) is 23.7 Å². The highest BCUT2D eigenvalue weighted by Crippen LogP contribution is 2.13. The lowest BCUT2D eigenvalue weighted by Gasteiger charge is -2.23. The first-order valence-electron chi connectivity index (χ1n) is 5.41. The Morgan fingerprint density at radius 2 is 2.13 bits per heavy atom. The fourth-order valence-electron chi connectivity index (χ4n) is 1.76. The zero-order valence-corrected chi connectivity index (χ0v) is 9.46. The van der Waals surface area contributed by atoms with Crippen LogP contribution in [0.15, 0.2) is 24.3 Å². The van der Waals surface area contributed by atoms with E-state index in [0.717, 1.165) is 18.1 Å². The average molecular weight is 226 g/mol. The van der Waals surface area contributed by atoms with Crippen molar-refractivity contribution in [2.45, 2.75) is 25.6 Å². The molecular formula is C12H16ClNO. The Morgan fingerprint density at radius 1 is 1.33 bits per heavy atom. The standard InChI is InChI=1S/C12H16ClNO/c13-11-5-3-10(4-6-11)9-15-12-2-1-7-14-8-12/h3-6,12,14H,1-2,7-9H2. The third kappa shape index (κ3) is 3.49. The van der Waals surface area contributed by atoms with E-state index >= 15 is 0 Å². The van der Waals surface area contributed by atoms with Gasteiger partial charge in [0.2, 0.25) is 0 Å². The second kappa shape index (κ2) is 5.50. The van der Waals surface area contributed by atoms with Crippen LogP contribution in [0.5, 0.6) is 0 Å². The van der Waals surface area contributed by atoms with E-state index in [1.165, 1.54) is 18.4 Å². The summed E-state index contributed by atoms with van der Waals surface area (Å²) in [4.78, 5) is 0. The van der Waals surface area contributed by atoms with Gasteiger partial charge in [0.15, 0.2) is 0 Å². The van der Waals surface area contributed by atoms with Gasteiger partial charge in [0, 0.05) is 11.6 Å². The van der Waals surface area contributed by atoms with Crippen LogP contribution in [-0.4, -0.2) is 19.2 Å². The third-order valence-electron chi connectivity index (χ3n) is 2.65. The van der Waals surface area contributed by atoms with Crippen LogP contribution in [0.1, 0.15) is 18.4 Å². The predicted octanol–water partition coefficient (Wildman–Crippen LogP) is 2.61. The normalized spacial score (nSPS) is 21.5. The van der Waals surface area contributed by atoms with Crippen LogP contribution in [0, 0.1) is 0 Å². The topological polar surface area (TPSA) is 21.3 Å². The van der Waals surface area contributed by atoms with E-state index in [9.17, 15) is 0 Å². The Morgan fingerprint density at radius 3 is 2.80 bits per heavy atom. The number of hydrogen-bond acceptors (Lipinski definition) is 2. The summed E-state index contributed by atoms with van der Waals surface area (Å²) in [6, 6.07) is 7.83. The van der Waals surface area contributed by atoms with Gasteiger partial charge < -0.3 is 10.1 Å². The Bertz CT molecular complexity index is 293. The van der Waals surface area contributed by atoms with Gasteiger partial charge in [-0.2, -0.15) is 0 Å². The van der Waals surface area contributed by atoms with E-state index in [1.54, 1.807) is 0 Å². The third-order valence-corrected chi connectivity index (χ3v) is 2.90. The van der Waals surface area contributed by atoms with E-state index in [4.69, 9.17) is 16.3 Å².